The molecular weight excluding hydrogens is 406 g/mol. The van der Waals surface area contributed by atoms with Crippen molar-refractivity contribution in [2.24, 2.45) is 0 Å². The van der Waals surface area contributed by atoms with E-state index >= 15 is 0 Å². The number of benzene rings is 1. The molecule has 0 atom stereocenters. The molecule has 32 heavy (non-hydrogen) atoms. The number of nitrogens with one attached hydrogen (secondary N) is 2. The van der Waals surface area contributed by atoms with Gasteiger partial charge < -0.3 is 20.9 Å². The lowest BCUT2D eigenvalue weighted by atomic mass is 10.1. The third-order valence-electron chi connectivity index (χ3n) is 5.01. The summed E-state index contributed by atoms with van der Waals surface area (Å²) in [5.74, 6) is -0.0524. The number of carbonyl (C=O) groups is 2. The fourth-order valence-electron chi connectivity index (χ4n) is 3.39. The zero-order valence-corrected chi connectivity index (χ0v) is 18.0. The number of aromatic nitrogens is 4. The molecule has 0 saturated heterocycles. The van der Waals surface area contributed by atoms with Gasteiger partial charge in [-0.2, -0.15) is 0 Å². The predicted octanol–water partition coefficient (Wildman–Crippen LogP) is 4.17. The molecule has 0 aliphatic carbocycles. The van der Waals surface area contributed by atoms with Crippen molar-refractivity contribution in [1.82, 2.24) is 19.5 Å². The number of nitrogens with two attached hydrogens (primary N) is 1. The molecule has 1 aromatic carbocycles. The molecule has 2 amide bonds. The van der Waals surface area contributed by atoms with E-state index in [1.54, 1.807) is 12.3 Å². The van der Waals surface area contributed by atoms with E-state index in [-0.39, 0.29) is 17.6 Å². The zero-order chi connectivity index (χ0) is 22.8. The third-order valence-corrected chi connectivity index (χ3v) is 5.01. The lowest BCUT2D eigenvalue weighted by Crippen LogP contribution is -2.19. The summed E-state index contributed by atoms with van der Waals surface area (Å²) in [5.41, 5.74) is 9.49. The van der Waals surface area contributed by atoms with Crippen molar-refractivity contribution >= 4 is 40.0 Å². The lowest BCUT2D eigenvalue weighted by Gasteiger charge is -2.09. The summed E-state index contributed by atoms with van der Waals surface area (Å²) in [6, 6.07) is 8.63. The predicted molar refractivity (Wildman–Crippen MR) is 124 cm³/mol. The quantitative estimate of drug-likeness (QED) is 0.409. The molecule has 162 valence electrons. The Morgan fingerprint density at radius 3 is 2.47 bits per heavy atom. The van der Waals surface area contributed by atoms with Crippen LogP contribution in [0.1, 0.15) is 41.4 Å². The third kappa shape index (κ3) is 4.13. The molecule has 0 aliphatic rings. The van der Waals surface area contributed by atoms with Gasteiger partial charge in [-0.15, -0.1) is 0 Å². The van der Waals surface area contributed by atoms with Crippen LogP contribution in [0.25, 0.3) is 11.0 Å². The minimum absolute atomic E-state index is 0.0740. The highest BCUT2D eigenvalue weighted by atomic mass is 16.2. The average molecular weight is 429 g/mol. The number of fused-ring (bicyclic) bond motifs is 1. The van der Waals surface area contributed by atoms with Gasteiger partial charge in [0.15, 0.2) is 5.78 Å². The second kappa shape index (κ2) is 8.46. The standard InChI is InChI=1S/C23H23N7O2/c1-13(2)30-11-18(19-21(24)26-12-27-22(19)30)20(31)15-8-17(10-25-9-15)29-23(32)28-16-6-4-14(3)5-7-16/h4-13H,1-3H3,(H2,24,26,27)(H2,28,29,32). The summed E-state index contributed by atoms with van der Waals surface area (Å²) in [4.78, 5) is 38.1. The van der Waals surface area contributed by atoms with Gasteiger partial charge in [0, 0.05) is 29.7 Å². The van der Waals surface area contributed by atoms with Gasteiger partial charge in [0.2, 0.25) is 0 Å². The maximum atomic E-state index is 13.3. The maximum absolute atomic E-state index is 13.3. The molecule has 0 spiro atoms. The van der Waals surface area contributed by atoms with Gasteiger partial charge in [-0.3, -0.25) is 9.78 Å². The van der Waals surface area contributed by atoms with Crippen molar-refractivity contribution in [2.45, 2.75) is 26.8 Å². The number of urea groups is 1. The summed E-state index contributed by atoms with van der Waals surface area (Å²) in [6.45, 7) is 5.95. The molecule has 4 N–H and O–H groups in total. The smallest absolute Gasteiger partial charge is 0.323 e. The number of hydrogen-bond acceptors (Lipinski definition) is 6. The van der Waals surface area contributed by atoms with Crippen LogP contribution in [-0.2, 0) is 0 Å². The summed E-state index contributed by atoms with van der Waals surface area (Å²) >= 11 is 0. The Morgan fingerprint density at radius 1 is 1.03 bits per heavy atom. The number of pyridine rings is 1. The second-order valence-corrected chi connectivity index (χ2v) is 7.74. The molecule has 4 rings (SSSR count). The Balaban J connectivity index is 1.60. The first kappa shape index (κ1) is 21.0. The Bertz CT molecular complexity index is 1310. The number of carbonyl (C=O) groups excluding carboxylic acids is 2. The number of nitrogens with zero attached hydrogens (tertiary/aromatic N) is 4. The number of aryl methyl sites for hydroxylation is 1. The largest absolute Gasteiger partial charge is 0.383 e. The fourth-order valence-corrected chi connectivity index (χ4v) is 3.39. The molecule has 0 unspecified atom stereocenters. The van der Waals surface area contributed by atoms with E-state index < -0.39 is 6.03 Å². The van der Waals surface area contributed by atoms with Crippen molar-refractivity contribution in [3.05, 3.63) is 71.9 Å². The maximum Gasteiger partial charge on any atom is 0.323 e. The van der Waals surface area contributed by atoms with Crippen molar-refractivity contribution in [3.63, 3.8) is 0 Å². The van der Waals surface area contributed by atoms with Crippen LogP contribution in [-0.4, -0.2) is 31.3 Å². The van der Waals surface area contributed by atoms with Gasteiger partial charge in [0.05, 0.1) is 22.8 Å². The number of amides is 2. The summed E-state index contributed by atoms with van der Waals surface area (Å²) in [7, 11) is 0. The highest BCUT2D eigenvalue weighted by molar-refractivity contribution is 6.18. The number of nitrogen functional groups attached to an aromatic ring is 1. The Morgan fingerprint density at radius 2 is 1.75 bits per heavy atom. The summed E-state index contributed by atoms with van der Waals surface area (Å²) in [6.07, 6.45) is 6.03. The highest BCUT2D eigenvalue weighted by Crippen LogP contribution is 2.28. The van der Waals surface area contributed by atoms with E-state index in [0.29, 0.717) is 33.5 Å². The minimum Gasteiger partial charge on any atom is -0.383 e. The van der Waals surface area contributed by atoms with Crippen LogP contribution in [0.15, 0.2) is 55.2 Å². The van der Waals surface area contributed by atoms with E-state index in [1.165, 1.54) is 18.7 Å². The van der Waals surface area contributed by atoms with Crippen molar-refractivity contribution in [2.75, 3.05) is 16.4 Å². The minimum atomic E-state index is -0.436. The summed E-state index contributed by atoms with van der Waals surface area (Å²) in [5, 5.41) is 5.95. The molecule has 4 aromatic rings. The van der Waals surface area contributed by atoms with Crippen LogP contribution in [0.2, 0.25) is 0 Å². The molecule has 9 heteroatoms. The van der Waals surface area contributed by atoms with Crippen LogP contribution in [0, 0.1) is 6.92 Å². The zero-order valence-electron chi connectivity index (χ0n) is 18.0. The Hall–Kier alpha value is -4.27. The van der Waals surface area contributed by atoms with Crippen LogP contribution in [0.5, 0.6) is 0 Å². The molecule has 3 aromatic heterocycles. The molecule has 0 bridgehead atoms. The Kier molecular flexibility index (Phi) is 5.55. The van der Waals surface area contributed by atoms with E-state index in [4.69, 9.17) is 5.73 Å². The first-order valence-corrected chi connectivity index (χ1v) is 10.1. The number of hydrogen-bond donors (Lipinski definition) is 3. The van der Waals surface area contributed by atoms with Crippen molar-refractivity contribution in [1.29, 1.82) is 0 Å². The molecule has 0 fully saturated rings. The number of rotatable bonds is 5. The van der Waals surface area contributed by atoms with Crippen LogP contribution in [0.4, 0.5) is 22.0 Å². The topological polar surface area (TPSA) is 128 Å². The molecule has 3 heterocycles. The summed E-state index contributed by atoms with van der Waals surface area (Å²) < 4.78 is 1.88. The van der Waals surface area contributed by atoms with Gasteiger partial charge >= 0.3 is 6.03 Å². The van der Waals surface area contributed by atoms with Crippen molar-refractivity contribution in [3.8, 4) is 0 Å². The molecule has 0 aliphatic heterocycles. The van der Waals surface area contributed by atoms with E-state index in [1.807, 2.05) is 49.6 Å². The monoisotopic (exact) mass is 429 g/mol. The van der Waals surface area contributed by atoms with Crippen LogP contribution >= 0.6 is 0 Å². The first-order valence-electron chi connectivity index (χ1n) is 10.1. The van der Waals surface area contributed by atoms with Crippen LogP contribution in [0.3, 0.4) is 0 Å². The van der Waals surface area contributed by atoms with Crippen molar-refractivity contribution < 1.29 is 9.59 Å². The average Bonchev–Trinajstić information content (AvgIpc) is 3.16. The molecular formula is C23H23N7O2. The van der Waals surface area contributed by atoms with Gasteiger partial charge in [0.25, 0.3) is 0 Å². The molecule has 0 saturated carbocycles. The van der Waals surface area contributed by atoms with Gasteiger partial charge in [0.1, 0.15) is 17.8 Å². The van der Waals surface area contributed by atoms with E-state index in [9.17, 15) is 9.59 Å². The fraction of sp³-hybridized carbons (Fsp3) is 0.174. The normalized spacial score (nSPS) is 11.0. The van der Waals surface area contributed by atoms with Crippen LogP contribution < -0.4 is 16.4 Å². The van der Waals surface area contributed by atoms with Gasteiger partial charge in [-0.05, 0) is 39.0 Å². The molecule has 0 radical (unpaired) electrons. The van der Waals surface area contributed by atoms with Gasteiger partial charge in [-0.1, -0.05) is 17.7 Å². The first-order chi connectivity index (χ1) is 15.3. The Labute approximate surface area is 184 Å². The van der Waals surface area contributed by atoms with Gasteiger partial charge in [-0.25, -0.2) is 14.8 Å². The highest BCUT2D eigenvalue weighted by Gasteiger charge is 2.22. The number of anilines is 3. The lowest BCUT2D eigenvalue weighted by molar-refractivity contribution is 0.103. The molecule has 9 nitrogen and oxygen atoms in total. The SMILES string of the molecule is Cc1ccc(NC(=O)Nc2cncc(C(=O)c3cn(C(C)C)c4ncnc(N)c34)c2)cc1. The van der Waals surface area contributed by atoms with E-state index in [2.05, 4.69) is 25.6 Å². The van der Waals surface area contributed by atoms with E-state index in [0.717, 1.165) is 5.56 Å². The number of ketones is 1. The second-order valence-electron chi connectivity index (χ2n) is 7.74.